The lowest BCUT2D eigenvalue weighted by Crippen LogP contribution is -2.46. The van der Waals surface area contributed by atoms with Crippen LogP contribution in [0.4, 0.5) is 0 Å². The summed E-state index contributed by atoms with van der Waals surface area (Å²) in [6.45, 7) is 6.04. The highest BCUT2D eigenvalue weighted by molar-refractivity contribution is 6.30. The third kappa shape index (κ3) is 4.43. The Balaban J connectivity index is 2.23. The lowest BCUT2D eigenvalue weighted by atomic mass is 9.96. The molecule has 0 bridgehead atoms. The molecule has 0 aromatic heterocycles. The summed E-state index contributed by atoms with van der Waals surface area (Å²) < 4.78 is 5.30. The van der Waals surface area contributed by atoms with Gasteiger partial charge in [0.05, 0.1) is 6.61 Å². The van der Waals surface area contributed by atoms with E-state index in [1.165, 1.54) is 18.4 Å². The first kappa shape index (κ1) is 16.8. The largest absolute Gasteiger partial charge is 0.383 e. The topological polar surface area (TPSA) is 38.5 Å². The number of ether oxygens (including phenoxy) is 1. The lowest BCUT2D eigenvalue weighted by molar-refractivity contribution is 0.0719. The molecule has 0 aliphatic heterocycles. The van der Waals surface area contributed by atoms with E-state index in [0.717, 1.165) is 24.1 Å². The van der Waals surface area contributed by atoms with Gasteiger partial charge in [-0.25, -0.2) is 0 Å². The summed E-state index contributed by atoms with van der Waals surface area (Å²) in [5, 5.41) is 0.765. The van der Waals surface area contributed by atoms with Crippen LogP contribution in [0, 0.1) is 5.92 Å². The van der Waals surface area contributed by atoms with Crippen molar-refractivity contribution in [2.75, 3.05) is 20.3 Å². The van der Waals surface area contributed by atoms with Crippen molar-refractivity contribution in [2.24, 2.45) is 11.7 Å². The standard InChI is InChI=1S/C17H27ClN2O/c1-12(19)17(15-6-8-16(18)9-7-15)20(10-11-21-3)13(2)14-4-5-14/h6-9,12-14,17H,4-5,10-11,19H2,1-3H3. The first-order valence-corrected chi connectivity index (χ1v) is 8.18. The molecule has 3 nitrogen and oxygen atoms in total. The SMILES string of the molecule is COCCN(C(C)C1CC1)C(c1ccc(Cl)cc1)C(C)N. The first-order chi connectivity index (χ1) is 10.0. The fraction of sp³-hybridized carbons (Fsp3) is 0.647. The van der Waals surface area contributed by atoms with Gasteiger partial charge in [-0.05, 0) is 50.3 Å². The predicted octanol–water partition coefficient (Wildman–Crippen LogP) is 3.48. The molecule has 118 valence electrons. The zero-order valence-corrected chi connectivity index (χ0v) is 14.0. The zero-order valence-electron chi connectivity index (χ0n) is 13.3. The number of halogens is 1. The van der Waals surface area contributed by atoms with E-state index in [-0.39, 0.29) is 12.1 Å². The van der Waals surface area contributed by atoms with Gasteiger partial charge in [-0.1, -0.05) is 23.7 Å². The highest BCUT2D eigenvalue weighted by atomic mass is 35.5. The van der Waals surface area contributed by atoms with Crippen LogP contribution in [-0.4, -0.2) is 37.2 Å². The highest BCUT2D eigenvalue weighted by Crippen LogP contribution is 2.38. The van der Waals surface area contributed by atoms with Gasteiger partial charge >= 0.3 is 0 Å². The molecule has 1 saturated carbocycles. The van der Waals surface area contributed by atoms with E-state index in [4.69, 9.17) is 22.1 Å². The smallest absolute Gasteiger partial charge is 0.0590 e. The van der Waals surface area contributed by atoms with Crippen molar-refractivity contribution in [3.8, 4) is 0 Å². The predicted molar refractivity (Wildman–Crippen MR) is 88.6 cm³/mol. The van der Waals surface area contributed by atoms with Crippen LogP contribution in [0.3, 0.4) is 0 Å². The second-order valence-electron chi connectivity index (χ2n) is 6.16. The number of nitrogens with zero attached hydrogens (tertiary/aromatic N) is 1. The minimum atomic E-state index is 0.0595. The summed E-state index contributed by atoms with van der Waals surface area (Å²) in [5.41, 5.74) is 7.56. The second kappa shape index (κ2) is 7.59. The Kier molecular flexibility index (Phi) is 6.06. The fourth-order valence-corrected chi connectivity index (χ4v) is 3.23. The normalized spacial score (nSPS) is 19.5. The Morgan fingerprint density at radius 1 is 1.29 bits per heavy atom. The van der Waals surface area contributed by atoms with Gasteiger partial charge in [0.2, 0.25) is 0 Å². The van der Waals surface area contributed by atoms with Crippen LogP contribution in [0.2, 0.25) is 5.02 Å². The maximum atomic E-state index is 6.32. The first-order valence-electron chi connectivity index (χ1n) is 7.80. The van der Waals surface area contributed by atoms with Gasteiger partial charge in [-0.3, -0.25) is 4.90 Å². The number of hydrogen-bond donors (Lipinski definition) is 1. The zero-order chi connectivity index (χ0) is 15.4. The Hall–Kier alpha value is -0.610. The average Bonchev–Trinajstić information content (AvgIpc) is 3.28. The summed E-state index contributed by atoms with van der Waals surface area (Å²) in [6.07, 6.45) is 2.66. The minimum Gasteiger partial charge on any atom is -0.383 e. The van der Waals surface area contributed by atoms with Crippen LogP contribution >= 0.6 is 11.6 Å². The van der Waals surface area contributed by atoms with Gasteiger partial charge < -0.3 is 10.5 Å². The summed E-state index contributed by atoms with van der Waals surface area (Å²) in [6, 6.07) is 8.88. The molecule has 4 heteroatoms. The fourth-order valence-electron chi connectivity index (χ4n) is 3.10. The van der Waals surface area contributed by atoms with Crippen molar-refractivity contribution in [3.63, 3.8) is 0 Å². The van der Waals surface area contributed by atoms with Crippen LogP contribution in [-0.2, 0) is 4.74 Å². The van der Waals surface area contributed by atoms with Gasteiger partial charge in [-0.2, -0.15) is 0 Å². The van der Waals surface area contributed by atoms with E-state index in [9.17, 15) is 0 Å². The number of methoxy groups -OCH3 is 1. The van der Waals surface area contributed by atoms with E-state index in [2.05, 4.69) is 30.9 Å². The molecule has 1 aromatic carbocycles. The van der Waals surface area contributed by atoms with E-state index >= 15 is 0 Å². The van der Waals surface area contributed by atoms with Gasteiger partial charge in [0.25, 0.3) is 0 Å². The summed E-state index contributed by atoms with van der Waals surface area (Å²) in [7, 11) is 1.75. The van der Waals surface area contributed by atoms with Crippen LogP contribution in [0.15, 0.2) is 24.3 Å². The van der Waals surface area contributed by atoms with Crippen molar-refractivity contribution in [1.29, 1.82) is 0 Å². The number of hydrogen-bond acceptors (Lipinski definition) is 3. The Morgan fingerprint density at radius 2 is 1.90 bits per heavy atom. The molecule has 1 fully saturated rings. The van der Waals surface area contributed by atoms with Crippen molar-refractivity contribution in [1.82, 2.24) is 4.90 Å². The average molecular weight is 311 g/mol. The molecule has 0 heterocycles. The van der Waals surface area contributed by atoms with Gasteiger partial charge in [0.1, 0.15) is 0 Å². The molecule has 0 spiro atoms. The molecule has 0 radical (unpaired) electrons. The monoisotopic (exact) mass is 310 g/mol. The number of benzene rings is 1. The molecule has 0 saturated heterocycles. The second-order valence-corrected chi connectivity index (χ2v) is 6.60. The molecule has 1 aromatic rings. The molecular weight excluding hydrogens is 284 g/mol. The Morgan fingerprint density at radius 3 is 2.38 bits per heavy atom. The lowest BCUT2D eigenvalue weighted by Gasteiger charge is -2.39. The summed E-state index contributed by atoms with van der Waals surface area (Å²) in [5.74, 6) is 0.801. The third-order valence-electron chi connectivity index (χ3n) is 4.45. The van der Waals surface area contributed by atoms with E-state index in [1.54, 1.807) is 7.11 Å². The quantitative estimate of drug-likeness (QED) is 0.799. The minimum absolute atomic E-state index is 0.0595. The van der Waals surface area contributed by atoms with Crippen molar-refractivity contribution in [3.05, 3.63) is 34.9 Å². The maximum absolute atomic E-state index is 6.32. The number of nitrogens with two attached hydrogens (primary N) is 1. The molecule has 2 N–H and O–H groups in total. The maximum Gasteiger partial charge on any atom is 0.0590 e. The van der Waals surface area contributed by atoms with E-state index < -0.39 is 0 Å². The van der Waals surface area contributed by atoms with E-state index in [1.807, 2.05) is 12.1 Å². The van der Waals surface area contributed by atoms with Crippen molar-refractivity contribution in [2.45, 2.75) is 44.8 Å². The summed E-state index contributed by atoms with van der Waals surface area (Å²) >= 11 is 6.02. The van der Waals surface area contributed by atoms with E-state index in [0.29, 0.717) is 6.04 Å². The Labute approximate surface area is 133 Å². The third-order valence-corrected chi connectivity index (χ3v) is 4.70. The van der Waals surface area contributed by atoms with Gasteiger partial charge in [0, 0.05) is 36.8 Å². The molecule has 0 amide bonds. The van der Waals surface area contributed by atoms with Crippen LogP contribution in [0.1, 0.15) is 38.3 Å². The molecule has 1 aliphatic carbocycles. The van der Waals surface area contributed by atoms with Crippen LogP contribution < -0.4 is 5.73 Å². The van der Waals surface area contributed by atoms with Crippen LogP contribution in [0.5, 0.6) is 0 Å². The highest BCUT2D eigenvalue weighted by Gasteiger charge is 2.36. The van der Waals surface area contributed by atoms with Crippen molar-refractivity contribution < 1.29 is 4.74 Å². The molecule has 3 unspecified atom stereocenters. The Bertz CT molecular complexity index is 431. The molecule has 3 atom stereocenters. The molecule has 1 aliphatic rings. The van der Waals surface area contributed by atoms with Gasteiger partial charge in [0.15, 0.2) is 0 Å². The van der Waals surface area contributed by atoms with Crippen LogP contribution in [0.25, 0.3) is 0 Å². The van der Waals surface area contributed by atoms with Gasteiger partial charge in [-0.15, -0.1) is 0 Å². The number of rotatable bonds is 8. The summed E-state index contributed by atoms with van der Waals surface area (Å²) in [4.78, 5) is 2.51. The molecule has 2 rings (SSSR count). The van der Waals surface area contributed by atoms with Crippen molar-refractivity contribution >= 4 is 11.6 Å². The molecular formula is C17H27ClN2O. The molecule has 21 heavy (non-hydrogen) atoms.